The minimum atomic E-state index is -0.924. The van der Waals surface area contributed by atoms with E-state index in [0.29, 0.717) is 27.4 Å². The lowest BCUT2D eigenvalue weighted by molar-refractivity contribution is -0.144. The number of hydrogen-bond acceptors (Lipinski definition) is 13. The molecule has 12 rings (SSSR count). The second-order valence-electron chi connectivity index (χ2n) is 19.9. The lowest BCUT2D eigenvalue weighted by Gasteiger charge is -2.50. The van der Waals surface area contributed by atoms with Crippen LogP contribution in [0.1, 0.15) is 68.9 Å². The number of ether oxygens (including phenoxy) is 1. The fourth-order valence-electron chi connectivity index (χ4n) is 10.8. The highest BCUT2D eigenvalue weighted by molar-refractivity contribution is 8.00. The Morgan fingerprint density at radius 3 is 1.43 bits per heavy atom. The molecule has 4 heterocycles. The lowest BCUT2D eigenvalue weighted by atomic mass is 9.77. The van der Waals surface area contributed by atoms with E-state index < -0.39 is 34.5 Å². The van der Waals surface area contributed by atoms with E-state index in [2.05, 4.69) is 93.9 Å². The first-order valence-electron chi connectivity index (χ1n) is 27.1. The van der Waals surface area contributed by atoms with Gasteiger partial charge >= 0.3 is 0 Å². The molecule has 410 valence electrons. The number of thiocarbonyl (C=S) groups is 1. The van der Waals surface area contributed by atoms with Crippen molar-refractivity contribution in [3.8, 4) is 0 Å². The summed E-state index contributed by atoms with van der Waals surface area (Å²) in [5, 5.41) is 19.9. The van der Waals surface area contributed by atoms with E-state index in [9.17, 15) is 4.79 Å². The van der Waals surface area contributed by atoms with Gasteiger partial charge in [-0.25, -0.2) is 9.97 Å². The fourth-order valence-corrected chi connectivity index (χ4v) is 14.0. The van der Waals surface area contributed by atoms with E-state index in [1.807, 2.05) is 182 Å². The van der Waals surface area contributed by atoms with Crippen LogP contribution in [0.5, 0.6) is 0 Å². The fraction of sp³-hybridized carbons (Fsp3) is 0.118. The van der Waals surface area contributed by atoms with Crippen molar-refractivity contribution in [2.75, 3.05) is 16.4 Å². The van der Waals surface area contributed by atoms with Crippen LogP contribution in [0, 0.1) is 0 Å². The van der Waals surface area contributed by atoms with Crippen LogP contribution >= 0.6 is 46.7 Å². The Bertz CT molecular complexity index is 3680. The molecule has 1 unspecified atom stereocenters. The van der Waals surface area contributed by atoms with Gasteiger partial charge < -0.3 is 25.5 Å². The number of aromatic nitrogens is 2. The van der Waals surface area contributed by atoms with Crippen LogP contribution in [0.2, 0.25) is 0 Å². The summed E-state index contributed by atoms with van der Waals surface area (Å²) in [5.74, 6) is -0.405. The van der Waals surface area contributed by atoms with E-state index in [-0.39, 0.29) is 29.0 Å². The number of hydrogen-bond donors (Lipinski definition) is 3. The van der Waals surface area contributed by atoms with Crippen molar-refractivity contribution in [1.82, 2.24) is 20.2 Å². The van der Waals surface area contributed by atoms with Crippen LogP contribution in [-0.2, 0) is 36.8 Å². The van der Waals surface area contributed by atoms with Crippen molar-refractivity contribution in [1.29, 1.82) is 0 Å². The van der Waals surface area contributed by atoms with Crippen molar-refractivity contribution >= 4 is 79.5 Å². The van der Waals surface area contributed by atoms with Crippen molar-refractivity contribution < 1.29 is 19.2 Å². The molecule has 2 aromatic heterocycles. The number of thiazole rings is 2. The summed E-state index contributed by atoms with van der Waals surface area (Å²) in [7, 11) is 0. The molecule has 0 saturated carbocycles. The maximum absolute atomic E-state index is 15.0. The monoisotopic (exact) mass is 1160 g/mol. The highest BCUT2D eigenvalue weighted by Gasteiger charge is 2.54. The minimum Gasteiger partial charge on any atom is -0.469 e. The molecule has 0 spiro atoms. The Morgan fingerprint density at radius 2 is 1.00 bits per heavy atom. The van der Waals surface area contributed by atoms with Gasteiger partial charge in [0.1, 0.15) is 34.3 Å². The molecule has 2 aliphatic rings. The number of thioether (sulfide) groups is 1. The molecule has 8 aromatic carbocycles. The summed E-state index contributed by atoms with van der Waals surface area (Å²) >= 11 is 10.4. The lowest BCUT2D eigenvalue weighted by Crippen LogP contribution is -2.71. The first-order chi connectivity index (χ1) is 40.8. The number of nitrogens with one attached hydrogen (secondary N) is 3. The zero-order valence-corrected chi connectivity index (χ0v) is 48.2. The highest BCUT2D eigenvalue weighted by Crippen LogP contribution is 2.44. The zero-order valence-electron chi connectivity index (χ0n) is 44.9. The van der Waals surface area contributed by atoms with Gasteiger partial charge in [-0.2, -0.15) is 0 Å². The van der Waals surface area contributed by atoms with Crippen molar-refractivity contribution in [3.63, 3.8) is 0 Å². The molecule has 3 N–H and O–H groups in total. The number of anilines is 2. The molecule has 2 aliphatic heterocycles. The molecular formula is C68H55N7O4S4. The molecule has 0 bridgehead atoms. The number of benzene rings is 8. The molecular weight excluding hydrogens is 1110 g/mol. The van der Waals surface area contributed by atoms with Crippen LogP contribution in [0.25, 0.3) is 0 Å². The second kappa shape index (κ2) is 24.6. The van der Waals surface area contributed by atoms with Gasteiger partial charge in [-0.05, 0) is 69.2 Å². The average Bonchev–Trinajstić information content (AvgIpc) is 2.99. The van der Waals surface area contributed by atoms with Crippen LogP contribution in [-0.4, -0.2) is 54.6 Å². The summed E-state index contributed by atoms with van der Waals surface area (Å²) in [6, 6.07) is 80.5. The van der Waals surface area contributed by atoms with E-state index in [0.717, 1.165) is 50.1 Å². The van der Waals surface area contributed by atoms with Gasteiger partial charge in [-0.3, -0.25) is 14.5 Å². The predicted octanol–water partition coefficient (Wildman–Crippen LogP) is 14.1. The Balaban J connectivity index is 0.850. The maximum Gasteiger partial charge on any atom is 0.276 e. The van der Waals surface area contributed by atoms with Gasteiger partial charge in [-0.15, -0.1) is 34.4 Å². The number of β-lactam (4-membered cyclic amide) rings is 1. The largest absolute Gasteiger partial charge is 0.469 e. The molecule has 1 fully saturated rings. The van der Waals surface area contributed by atoms with Gasteiger partial charge in [-0.1, -0.05) is 248 Å². The van der Waals surface area contributed by atoms with Crippen molar-refractivity contribution in [3.05, 3.63) is 321 Å². The summed E-state index contributed by atoms with van der Waals surface area (Å²) < 4.78 is 6.66. The molecule has 0 aliphatic carbocycles. The standard InChI is InChI=1S/C68H55N7O4S4/c1-46-43-81-63-58(62(77)75(63)59(46)64(80)79-60(47-26-10-2-11-27-47)48-28-12-3-13-29-48)71-61(76)57(56-45-83-66(70-56)73-68(52-36-20-7-21-37-52,53-38-22-8-23-39-53)54-40-24-9-25-41-54)74-78-42-55-44-82-65(69-55)72-67(49-30-14-4-15-31-49,50-32-16-5-17-33-50)51-34-18-6-19-35-51/h2-41,44-45,58,60,63H,42-43H2,1H3,(H,69,72)(H,70,73)(H,71,76)/b74-57-/t58?,63-/m1/s1. The number of carbonyl (C=O) groups is 2. The molecule has 15 heteroatoms. The Kier molecular flexibility index (Phi) is 16.2. The average molecular weight is 1160 g/mol. The van der Waals surface area contributed by atoms with Crippen LogP contribution in [0.3, 0.4) is 0 Å². The SMILES string of the molecule is CC1=C(C(=S)OC(c2ccccc2)c2ccccc2)N2C(=O)C(NC(=O)/C(=N\OCc3csc(NC(c4ccccc4)(c4ccccc4)c4ccccc4)n3)c3csc(NC(c4ccccc4)(c4ccccc4)c4ccccc4)n3)[C@H]2SC1. The topological polar surface area (TPSA) is 130 Å². The van der Waals surface area contributed by atoms with Crippen LogP contribution in [0.15, 0.2) is 270 Å². The molecule has 1 saturated heterocycles. The Morgan fingerprint density at radius 1 is 0.602 bits per heavy atom. The van der Waals surface area contributed by atoms with Gasteiger partial charge in [0.25, 0.3) is 11.8 Å². The number of oxime groups is 1. The van der Waals surface area contributed by atoms with Crippen molar-refractivity contribution in [2.24, 2.45) is 5.16 Å². The first kappa shape index (κ1) is 54.6. The number of rotatable bonds is 20. The smallest absolute Gasteiger partial charge is 0.276 e. The summed E-state index contributed by atoms with van der Waals surface area (Å²) in [4.78, 5) is 47.5. The van der Waals surface area contributed by atoms with Gasteiger partial charge in [0.2, 0.25) is 5.05 Å². The molecule has 83 heavy (non-hydrogen) atoms. The van der Waals surface area contributed by atoms with E-state index in [1.165, 1.54) is 22.7 Å². The van der Waals surface area contributed by atoms with E-state index in [1.54, 1.807) is 22.0 Å². The van der Waals surface area contributed by atoms with E-state index >= 15 is 4.79 Å². The quantitative estimate of drug-likeness (QED) is 0.0223. The Hall–Kier alpha value is -8.99. The number of amides is 2. The van der Waals surface area contributed by atoms with Gasteiger partial charge in [0.05, 0.1) is 11.4 Å². The maximum atomic E-state index is 15.0. The summed E-state index contributed by atoms with van der Waals surface area (Å²) in [6.45, 7) is 1.88. The van der Waals surface area contributed by atoms with Crippen molar-refractivity contribution in [2.45, 2.75) is 42.1 Å². The summed E-state index contributed by atoms with van der Waals surface area (Å²) in [5.41, 5.74) is 8.35. The third-order valence-electron chi connectivity index (χ3n) is 14.8. The minimum absolute atomic E-state index is 0.0786. The second-order valence-corrected chi connectivity index (χ2v) is 23.1. The normalized spacial score (nSPS) is 15.2. The van der Waals surface area contributed by atoms with Gasteiger partial charge in [0, 0.05) is 16.5 Å². The third kappa shape index (κ3) is 11.1. The molecule has 0 radical (unpaired) electrons. The zero-order chi connectivity index (χ0) is 56.6. The number of fused-ring (bicyclic) bond motifs is 1. The van der Waals surface area contributed by atoms with Crippen LogP contribution in [0.4, 0.5) is 10.3 Å². The first-order valence-corrected chi connectivity index (χ1v) is 30.3. The predicted molar refractivity (Wildman–Crippen MR) is 337 cm³/mol. The van der Waals surface area contributed by atoms with E-state index in [4.69, 9.17) is 31.8 Å². The van der Waals surface area contributed by atoms with Crippen LogP contribution < -0.4 is 16.0 Å². The molecule has 2 amide bonds. The number of nitrogens with zero attached hydrogens (tertiary/aromatic N) is 4. The molecule has 11 nitrogen and oxygen atoms in total. The molecule has 10 aromatic rings. The Labute approximate surface area is 499 Å². The summed E-state index contributed by atoms with van der Waals surface area (Å²) in [6.07, 6.45) is -0.516. The third-order valence-corrected chi connectivity index (χ3v) is 18.1. The number of carbonyl (C=O) groups excluding carboxylic acids is 2. The molecule has 2 atom stereocenters. The highest BCUT2D eigenvalue weighted by atomic mass is 32.2. The van der Waals surface area contributed by atoms with Gasteiger partial charge in [0.15, 0.2) is 22.6 Å².